The molecule has 92 valence electrons. The van der Waals surface area contributed by atoms with Crippen molar-refractivity contribution in [3.63, 3.8) is 0 Å². The Morgan fingerprint density at radius 1 is 1.28 bits per heavy atom. The van der Waals surface area contributed by atoms with Crippen molar-refractivity contribution in [1.29, 1.82) is 0 Å². The Hall–Kier alpha value is -2.14. The molecule has 0 atom stereocenters. The van der Waals surface area contributed by atoms with Gasteiger partial charge in [0, 0.05) is 16.8 Å². The van der Waals surface area contributed by atoms with Gasteiger partial charge in [-0.2, -0.15) is 10.1 Å². The lowest BCUT2D eigenvalue weighted by Crippen LogP contribution is -2.01. The number of aromatic nitrogens is 2. The normalized spacial score (nSPS) is 10.8. The predicted molar refractivity (Wildman–Crippen MR) is 73.9 cm³/mol. The quantitative estimate of drug-likeness (QED) is 0.657. The van der Waals surface area contributed by atoms with Gasteiger partial charge in [-0.25, -0.2) is 4.98 Å². The van der Waals surface area contributed by atoms with Crippen molar-refractivity contribution in [2.45, 2.75) is 6.92 Å². The van der Waals surface area contributed by atoms with E-state index in [1.165, 1.54) is 0 Å². The number of anilines is 2. The zero-order valence-corrected chi connectivity index (χ0v) is 10.5. The fourth-order valence-corrected chi connectivity index (χ4v) is 1.50. The highest BCUT2D eigenvalue weighted by Gasteiger charge is 1.96. The molecule has 0 spiro atoms. The first-order valence-corrected chi connectivity index (χ1v) is 5.67. The minimum absolute atomic E-state index is 0.221. The Morgan fingerprint density at radius 2 is 2.00 bits per heavy atom. The van der Waals surface area contributed by atoms with Gasteiger partial charge in [0.25, 0.3) is 0 Å². The maximum absolute atomic E-state index is 5.79. The van der Waals surface area contributed by atoms with E-state index >= 15 is 0 Å². The third kappa shape index (κ3) is 3.43. The standard InChI is InChI=1S/C12H12ClN5/c1-8-6-11(17-12(14)16-8)18-15-7-9-2-4-10(13)5-3-9/h2-7H,1H3,(H3,14,16,17,18). The van der Waals surface area contributed by atoms with E-state index < -0.39 is 0 Å². The summed E-state index contributed by atoms with van der Waals surface area (Å²) in [6.45, 7) is 1.84. The van der Waals surface area contributed by atoms with Crippen LogP contribution in [0.5, 0.6) is 0 Å². The van der Waals surface area contributed by atoms with E-state index in [0.29, 0.717) is 10.8 Å². The van der Waals surface area contributed by atoms with Crippen LogP contribution in [0.15, 0.2) is 35.4 Å². The Labute approximate surface area is 110 Å². The van der Waals surface area contributed by atoms with Crippen LogP contribution in [0.3, 0.4) is 0 Å². The molecule has 1 heterocycles. The molecule has 5 nitrogen and oxygen atoms in total. The molecule has 2 rings (SSSR count). The number of benzene rings is 1. The molecule has 0 aliphatic carbocycles. The van der Waals surface area contributed by atoms with Crippen molar-refractivity contribution < 1.29 is 0 Å². The van der Waals surface area contributed by atoms with Gasteiger partial charge in [-0.05, 0) is 24.6 Å². The van der Waals surface area contributed by atoms with Crippen LogP contribution >= 0.6 is 11.6 Å². The third-order valence-corrected chi connectivity index (χ3v) is 2.39. The molecule has 6 heteroatoms. The summed E-state index contributed by atoms with van der Waals surface area (Å²) < 4.78 is 0. The van der Waals surface area contributed by atoms with E-state index in [1.807, 2.05) is 19.1 Å². The summed E-state index contributed by atoms with van der Waals surface area (Å²) in [7, 11) is 0. The summed E-state index contributed by atoms with van der Waals surface area (Å²) in [6, 6.07) is 9.10. The first-order valence-electron chi connectivity index (χ1n) is 5.29. The lowest BCUT2D eigenvalue weighted by Gasteiger charge is -2.01. The average Bonchev–Trinajstić information content (AvgIpc) is 2.30. The lowest BCUT2D eigenvalue weighted by atomic mass is 10.2. The summed E-state index contributed by atoms with van der Waals surface area (Å²) in [6.07, 6.45) is 1.67. The number of nitrogens with two attached hydrogens (primary N) is 1. The van der Waals surface area contributed by atoms with Crippen molar-refractivity contribution in [3.05, 3.63) is 46.6 Å². The van der Waals surface area contributed by atoms with Gasteiger partial charge in [0.15, 0.2) is 5.82 Å². The Kier molecular flexibility index (Phi) is 3.74. The minimum Gasteiger partial charge on any atom is -0.368 e. The van der Waals surface area contributed by atoms with Crippen molar-refractivity contribution in [3.8, 4) is 0 Å². The largest absolute Gasteiger partial charge is 0.368 e. The maximum atomic E-state index is 5.79. The van der Waals surface area contributed by atoms with E-state index in [0.717, 1.165) is 11.3 Å². The zero-order chi connectivity index (χ0) is 13.0. The SMILES string of the molecule is Cc1cc(NN=Cc2ccc(Cl)cc2)nc(N)n1. The average molecular weight is 262 g/mol. The summed E-state index contributed by atoms with van der Waals surface area (Å²) in [5.74, 6) is 0.782. The van der Waals surface area contributed by atoms with E-state index in [1.54, 1.807) is 24.4 Å². The molecule has 2 aromatic rings. The van der Waals surface area contributed by atoms with Crippen LogP contribution in [-0.4, -0.2) is 16.2 Å². The summed E-state index contributed by atoms with van der Waals surface area (Å²) >= 11 is 5.79. The van der Waals surface area contributed by atoms with Crippen molar-refractivity contribution in [1.82, 2.24) is 9.97 Å². The van der Waals surface area contributed by atoms with E-state index in [2.05, 4.69) is 20.5 Å². The highest BCUT2D eigenvalue weighted by molar-refractivity contribution is 6.30. The molecule has 18 heavy (non-hydrogen) atoms. The molecule has 0 aliphatic rings. The second-order valence-corrected chi connectivity index (χ2v) is 4.11. The number of rotatable bonds is 3. The molecule has 0 fully saturated rings. The van der Waals surface area contributed by atoms with Crippen LogP contribution in [-0.2, 0) is 0 Å². The van der Waals surface area contributed by atoms with Crippen LogP contribution in [0.2, 0.25) is 5.02 Å². The zero-order valence-electron chi connectivity index (χ0n) is 9.76. The van der Waals surface area contributed by atoms with Crippen LogP contribution in [0.4, 0.5) is 11.8 Å². The fourth-order valence-electron chi connectivity index (χ4n) is 1.37. The Balaban J connectivity index is 2.04. The molecule has 0 saturated heterocycles. The van der Waals surface area contributed by atoms with Gasteiger partial charge in [0.2, 0.25) is 5.95 Å². The Bertz CT molecular complexity index is 545. The second kappa shape index (κ2) is 5.46. The van der Waals surface area contributed by atoms with Crippen LogP contribution < -0.4 is 11.2 Å². The monoisotopic (exact) mass is 261 g/mol. The molecular weight excluding hydrogens is 250 g/mol. The van der Waals surface area contributed by atoms with E-state index in [4.69, 9.17) is 17.3 Å². The molecule has 3 N–H and O–H groups in total. The summed E-state index contributed by atoms with van der Waals surface area (Å²) in [4.78, 5) is 7.97. The van der Waals surface area contributed by atoms with Crippen LogP contribution in [0.25, 0.3) is 0 Å². The summed E-state index contributed by atoms with van der Waals surface area (Å²) in [5.41, 5.74) is 10.0. The molecule has 1 aromatic carbocycles. The summed E-state index contributed by atoms with van der Waals surface area (Å²) in [5, 5.41) is 4.75. The second-order valence-electron chi connectivity index (χ2n) is 3.67. The van der Waals surface area contributed by atoms with Gasteiger partial charge in [-0.1, -0.05) is 23.7 Å². The number of nitrogens with zero attached hydrogens (tertiary/aromatic N) is 3. The highest BCUT2D eigenvalue weighted by atomic mass is 35.5. The molecule has 0 unspecified atom stereocenters. The van der Waals surface area contributed by atoms with Gasteiger partial charge in [0.05, 0.1) is 6.21 Å². The molecular formula is C12H12ClN5. The van der Waals surface area contributed by atoms with Gasteiger partial charge >= 0.3 is 0 Å². The third-order valence-electron chi connectivity index (χ3n) is 2.13. The Morgan fingerprint density at radius 3 is 2.67 bits per heavy atom. The molecule has 0 aliphatic heterocycles. The number of nitrogens with one attached hydrogen (secondary N) is 1. The van der Waals surface area contributed by atoms with E-state index in [9.17, 15) is 0 Å². The number of hydrazone groups is 1. The van der Waals surface area contributed by atoms with Gasteiger partial charge in [0.1, 0.15) is 0 Å². The first kappa shape index (κ1) is 12.3. The molecule has 1 aromatic heterocycles. The number of hydrogen-bond acceptors (Lipinski definition) is 5. The molecule has 0 bridgehead atoms. The van der Waals surface area contributed by atoms with Gasteiger partial charge in [-0.15, -0.1) is 0 Å². The van der Waals surface area contributed by atoms with Gasteiger partial charge < -0.3 is 5.73 Å². The smallest absolute Gasteiger partial charge is 0.222 e. The molecule has 0 amide bonds. The lowest BCUT2D eigenvalue weighted by molar-refractivity contribution is 1.10. The number of hydrogen-bond donors (Lipinski definition) is 2. The number of halogens is 1. The fraction of sp³-hybridized carbons (Fsp3) is 0.0833. The number of nitrogen functional groups attached to an aromatic ring is 1. The van der Waals surface area contributed by atoms with Crippen LogP contribution in [0.1, 0.15) is 11.3 Å². The van der Waals surface area contributed by atoms with Crippen LogP contribution in [0, 0.1) is 6.92 Å². The van der Waals surface area contributed by atoms with Crippen molar-refractivity contribution in [2.24, 2.45) is 5.10 Å². The maximum Gasteiger partial charge on any atom is 0.222 e. The highest BCUT2D eigenvalue weighted by Crippen LogP contribution is 2.09. The predicted octanol–water partition coefficient (Wildman–Crippen LogP) is 2.47. The van der Waals surface area contributed by atoms with Gasteiger partial charge in [-0.3, -0.25) is 5.43 Å². The first-order chi connectivity index (χ1) is 8.63. The van der Waals surface area contributed by atoms with E-state index in [-0.39, 0.29) is 5.95 Å². The minimum atomic E-state index is 0.221. The van der Waals surface area contributed by atoms with Crippen molar-refractivity contribution >= 4 is 29.6 Å². The molecule has 0 radical (unpaired) electrons. The molecule has 0 saturated carbocycles. The van der Waals surface area contributed by atoms with Crippen molar-refractivity contribution in [2.75, 3.05) is 11.2 Å². The topological polar surface area (TPSA) is 76.2 Å². The number of aryl methyl sites for hydroxylation is 1.